The van der Waals surface area contributed by atoms with Gasteiger partial charge in [-0.15, -0.1) is 0 Å². The fourth-order valence-corrected chi connectivity index (χ4v) is 3.42. The van der Waals surface area contributed by atoms with Crippen LogP contribution in [0, 0.1) is 0 Å². The van der Waals surface area contributed by atoms with Crippen LogP contribution in [-0.4, -0.2) is 39.3 Å². The number of hydrogen-bond acceptors (Lipinski definition) is 5. The normalized spacial score (nSPS) is 15.1. The summed E-state index contributed by atoms with van der Waals surface area (Å²) in [5.41, 5.74) is 1.70. The Kier molecular flexibility index (Phi) is 4.86. The van der Waals surface area contributed by atoms with E-state index in [2.05, 4.69) is 35.7 Å². The lowest BCUT2D eigenvalue weighted by Crippen LogP contribution is -2.33. The first kappa shape index (κ1) is 17.3. The molecule has 1 saturated heterocycles. The van der Waals surface area contributed by atoms with Crippen LogP contribution in [0.3, 0.4) is 0 Å². The molecule has 1 aliphatic heterocycles. The minimum absolute atomic E-state index is 0.149. The standard InChI is InChI=1S/C19H23N7O/c1-2-14(15-7-3-4-8-20-15)22-19(27)23-17-11-16-13(12-21-17)18(25-24-16)26-9-5-6-10-26/h3-4,7-8,11-12,14H,2,5-6,9-10H2,1H3,(H,24,25)(H2,21,22,23,27)/t14-/m1/s1. The van der Waals surface area contributed by atoms with Crippen molar-refractivity contribution < 1.29 is 4.79 Å². The maximum Gasteiger partial charge on any atom is 0.320 e. The van der Waals surface area contributed by atoms with Gasteiger partial charge in [0.2, 0.25) is 0 Å². The van der Waals surface area contributed by atoms with Gasteiger partial charge in [0, 0.05) is 31.5 Å². The summed E-state index contributed by atoms with van der Waals surface area (Å²) in [6.45, 7) is 4.05. The lowest BCUT2D eigenvalue weighted by molar-refractivity contribution is 0.248. The number of nitrogens with one attached hydrogen (secondary N) is 3. The summed E-state index contributed by atoms with van der Waals surface area (Å²) >= 11 is 0. The van der Waals surface area contributed by atoms with E-state index < -0.39 is 0 Å². The first-order valence-corrected chi connectivity index (χ1v) is 9.32. The molecular weight excluding hydrogens is 342 g/mol. The molecule has 3 aromatic heterocycles. The van der Waals surface area contributed by atoms with Crippen LogP contribution in [0.4, 0.5) is 16.4 Å². The number of pyridine rings is 2. The summed E-state index contributed by atoms with van der Waals surface area (Å²) in [7, 11) is 0. The molecule has 8 heteroatoms. The van der Waals surface area contributed by atoms with E-state index in [1.165, 1.54) is 12.8 Å². The van der Waals surface area contributed by atoms with Gasteiger partial charge < -0.3 is 10.2 Å². The quantitative estimate of drug-likeness (QED) is 0.645. The third-order valence-corrected chi connectivity index (χ3v) is 4.83. The monoisotopic (exact) mass is 365 g/mol. The molecule has 0 radical (unpaired) electrons. The average Bonchev–Trinajstić information content (AvgIpc) is 3.36. The van der Waals surface area contributed by atoms with Crippen LogP contribution in [0.5, 0.6) is 0 Å². The molecule has 1 aliphatic rings. The van der Waals surface area contributed by atoms with Crippen LogP contribution in [0.1, 0.15) is 37.9 Å². The first-order chi connectivity index (χ1) is 13.2. The molecule has 3 aromatic rings. The molecule has 27 heavy (non-hydrogen) atoms. The van der Waals surface area contributed by atoms with Crippen molar-refractivity contribution in [2.45, 2.75) is 32.2 Å². The summed E-state index contributed by atoms with van der Waals surface area (Å²) in [6, 6.07) is 7.03. The number of aromatic amines is 1. The Morgan fingerprint density at radius 1 is 1.30 bits per heavy atom. The smallest absolute Gasteiger partial charge is 0.320 e. The van der Waals surface area contributed by atoms with Crippen molar-refractivity contribution in [1.29, 1.82) is 0 Å². The number of aromatic nitrogens is 4. The molecule has 2 amide bonds. The number of hydrogen-bond donors (Lipinski definition) is 3. The molecule has 1 fully saturated rings. The van der Waals surface area contributed by atoms with Crippen LogP contribution in [0.2, 0.25) is 0 Å². The van der Waals surface area contributed by atoms with Crippen molar-refractivity contribution in [3.63, 3.8) is 0 Å². The molecule has 8 nitrogen and oxygen atoms in total. The Morgan fingerprint density at radius 2 is 2.15 bits per heavy atom. The molecule has 4 rings (SSSR count). The number of fused-ring (bicyclic) bond motifs is 1. The summed E-state index contributed by atoms with van der Waals surface area (Å²) in [5, 5.41) is 14.2. The van der Waals surface area contributed by atoms with Crippen LogP contribution < -0.4 is 15.5 Å². The highest BCUT2D eigenvalue weighted by Crippen LogP contribution is 2.27. The van der Waals surface area contributed by atoms with E-state index in [-0.39, 0.29) is 12.1 Å². The largest absolute Gasteiger partial charge is 0.355 e. The van der Waals surface area contributed by atoms with E-state index in [0.717, 1.165) is 41.9 Å². The molecule has 0 aliphatic carbocycles. The minimum Gasteiger partial charge on any atom is -0.355 e. The number of rotatable bonds is 5. The van der Waals surface area contributed by atoms with Crippen molar-refractivity contribution in [1.82, 2.24) is 25.5 Å². The van der Waals surface area contributed by atoms with Crippen molar-refractivity contribution in [2.24, 2.45) is 0 Å². The Hall–Kier alpha value is -3.16. The first-order valence-electron chi connectivity index (χ1n) is 9.32. The van der Waals surface area contributed by atoms with Crippen molar-refractivity contribution in [3.05, 3.63) is 42.4 Å². The van der Waals surface area contributed by atoms with E-state index in [1.807, 2.05) is 31.2 Å². The number of amides is 2. The van der Waals surface area contributed by atoms with Crippen LogP contribution in [0.15, 0.2) is 36.7 Å². The Bertz CT molecular complexity index is 918. The molecule has 1 atom stereocenters. The van der Waals surface area contributed by atoms with Gasteiger partial charge in [0.1, 0.15) is 5.82 Å². The highest BCUT2D eigenvalue weighted by molar-refractivity contribution is 5.94. The zero-order valence-electron chi connectivity index (χ0n) is 15.3. The van der Waals surface area contributed by atoms with E-state index in [4.69, 9.17) is 0 Å². The fourth-order valence-electron chi connectivity index (χ4n) is 3.42. The molecule has 3 N–H and O–H groups in total. The van der Waals surface area contributed by atoms with Gasteiger partial charge in [-0.3, -0.25) is 15.4 Å². The predicted octanol–water partition coefficient (Wildman–Crippen LogP) is 3.23. The van der Waals surface area contributed by atoms with Gasteiger partial charge in [-0.05, 0) is 31.4 Å². The molecule has 4 heterocycles. The second kappa shape index (κ2) is 7.61. The highest BCUT2D eigenvalue weighted by atomic mass is 16.2. The molecule has 0 bridgehead atoms. The highest BCUT2D eigenvalue weighted by Gasteiger charge is 2.19. The third-order valence-electron chi connectivity index (χ3n) is 4.83. The zero-order chi connectivity index (χ0) is 18.6. The number of anilines is 2. The van der Waals surface area contributed by atoms with Gasteiger partial charge in [0.25, 0.3) is 0 Å². The summed E-state index contributed by atoms with van der Waals surface area (Å²) in [6.07, 6.45) is 6.62. The van der Waals surface area contributed by atoms with E-state index in [0.29, 0.717) is 5.82 Å². The molecule has 0 spiro atoms. The minimum atomic E-state index is -0.307. The maximum atomic E-state index is 12.4. The summed E-state index contributed by atoms with van der Waals surface area (Å²) in [5.74, 6) is 1.42. The molecule has 0 aromatic carbocycles. The van der Waals surface area contributed by atoms with Gasteiger partial charge >= 0.3 is 6.03 Å². The van der Waals surface area contributed by atoms with Crippen molar-refractivity contribution in [3.8, 4) is 0 Å². The molecule has 0 saturated carbocycles. The van der Waals surface area contributed by atoms with E-state index in [1.54, 1.807) is 12.4 Å². The second-order valence-electron chi connectivity index (χ2n) is 6.67. The Labute approximate surface area is 157 Å². The van der Waals surface area contributed by atoms with Crippen LogP contribution in [0.25, 0.3) is 10.9 Å². The third kappa shape index (κ3) is 3.69. The van der Waals surface area contributed by atoms with Gasteiger partial charge in [-0.25, -0.2) is 9.78 Å². The van der Waals surface area contributed by atoms with Gasteiger partial charge in [-0.1, -0.05) is 13.0 Å². The fraction of sp³-hybridized carbons (Fsp3) is 0.368. The van der Waals surface area contributed by atoms with Crippen molar-refractivity contribution in [2.75, 3.05) is 23.3 Å². The summed E-state index contributed by atoms with van der Waals surface area (Å²) < 4.78 is 0. The maximum absolute atomic E-state index is 12.4. The number of carbonyl (C=O) groups is 1. The summed E-state index contributed by atoms with van der Waals surface area (Å²) in [4.78, 5) is 23.3. The molecule has 140 valence electrons. The SMILES string of the molecule is CC[C@@H](NC(=O)Nc1cc2[nH]nc(N3CCCC3)c2cn1)c1ccccn1. The van der Waals surface area contributed by atoms with Gasteiger partial charge in [-0.2, -0.15) is 5.10 Å². The number of carbonyl (C=O) groups excluding carboxylic acids is 1. The predicted molar refractivity (Wildman–Crippen MR) is 105 cm³/mol. The van der Waals surface area contributed by atoms with E-state index >= 15 is 0 Å². The van der Waals surface area contributed by atoms with Crippen molar-refractivity contribution >= 4 is 28.6 Å². The van der Waals surface area contributed by atoms with Crippen LogP contribution >= 0.6 is 0 Å². The number of nitrogens with zero attached hydrogens (tertiary/aromatic N) is 4. The van der Waals surface area contributed by atoms with Gasteiger partial charge in [0.15, 0.2) is 5.82 Å². The number of urea groups is 1. The average molecular weight is 365 g/mol. The topological polar surface area (TPSA) is 98.8 Å². The Morgan fingerprint density at radius 3 is 2.89 bits per heavy atom. The lowest BCUT2D eigenvalue weighted by atomic mass is 10.1. The number of H-pyrrole nitrogens is 1. The second-order valence-corrected chi connectivity index (χ2v) is 6.67. The van der Waals surface area contributed by atoms with Crippen LogP contribution in [-0.2, 0) is 0 Å². The zero-order valence-corrected chi connectivity index (χ0v) is 15.3. The molecule has 0 unspecified atom stereocenters. The van der Waals surface area contributed by atoms with E-state index in [9.17, 15) is 4.79 Å². The molecular formula is C19H23N7O. The Balaban J connectivity index is 1.45. The lowest BCUT2D eigenvalue weighted by Gasteiger charge is -2.16. The van der Waals surface area contributed by atoms with Gasteiger partial charge in [0.05, 0.1) is 22.6 Å².